The number of carbonyl (C=O) groups excluding carboxylic acids is 1. The van der Waals surface area contributed by atoms with E-state index in [1.807, 2.05) is 24.3 Å². The summed E-state index contributed by atoms with van der Waals surface area (Å²) in [5, 5.41) is 3.21. The van der Waals surface area contributed by atoms with Gasteiger partial charge in [-0.1, -0.05) is 18.2 Å². The van der Waals surface area contributed by atoms with Crippen molar-refractivity contribution in [2.45, 2.75) is 12.5 Å². The minimum absolute atomic E-state index is 0.00565. The number of fused-ring (bicyclic) bond motifs is 1. The van der Waals surface area contributed by atoms with Crippen molar-refractivity contribution in [1.82, 2.24) is 4.90 Å². The van der Waals surface area contributed by atoms with Crippen LogP contribution < -0.4 is 5.32 Å². The van der Waals surface area contributed by atoms with Crippen LogP contribution in [-0.2, 0) is 21.1 Å². The molecule has 1 aromatic rings. The summed E-state index contributed by atoms with van der Waals surface area (Å²) in [6.07, 6.45) is 0.679. The Labute approximate surface area is 112 Å². The van der Waals surface area contributed by atoms with E-state index >= 15 is 0 Å². The molecule has 0 saturated carbocycles. The van der Waals surface area contributed by atoms with Crippen molar-refractivity contribution in [1.29, 1.82) is 0 Å². The van der Waals surface area contributed by atoms with Crippen molar-refractivity contribution in [3.63, 3.8) is 0 Å². The average molecular weight is 280 g/mol. The number of anilines is 1. The number of amides is 1. The quantitative estimate of drug-likeness (QED) is 0.802. The van der Waals surface area contributed by atoms with Gasteiger partial charge in [0.05, 0.1) is 11.5 Å². The SMILES string of the molecule is O=C([C@@H]1Cc2ccccc2N1)N1CCS(=O)(=O)CC1. The van der Waals surface area contributed by atoms with Crippen LogP contribution in [0.2, 0.25) is 0 Å². The second-order valence-electron chi connectivity index (χ2n) is 5.04. The van der Waals surface area contributed by atoms with Gasteiger partial charge in [-0.05, 0) is 11.6 Å². The summed E-state index contributed by atoms with van der Waals surface area (Å²) in [4.78, 5) is 14.0. The lowest BCUT2D eigenvalue weighted by Crippen LogP contribution is -2.49. The maximum atomic E-state index is 12.3. The van der Waals surface area contributed by atoms with E-state index in [0.717, 1.165) is 11.3 Å². The number of rotatable bonds is 1. The van der Waals surface area contributed by atoms with Crippen LogP contribution in [0.4, 0.5) is 5.69 Å². The van der Waals surface area contributed by atoms with Crippen molar-refractivity contribution in [2.75, 3.05) is 29.9 Å². The Morgan fingerprint density at radius 2 is 1.89 bits per heavy atom. The Bertz CT molecular complexity index is 573. The number of benzene rings is 1. The summed E-state index contributed by atoms with van der Waals surface area (Å²) in [5.74, 6) is 0.169. The van der Waals surface area contributed by atoms with E-state index in [-0.39, 0.29) is 23.5 Å². The maximum absolute atomic E-state index is 12.3. The predicted octanol–water partition coefficient (Wildman–Crippen LogP) is 0.280. The normalized spacial score (nSPS) is 24.6. The highest BCUT2D eigenvalue weighted by Gasteiger charge is 2.32. The molecule has 2 aliphatic heterocycles. The van der Waals surface area contributed by atoms with Gasteiger partial charge in [0.2, 0.25) is 5.91 Å². The summed E-state index contributed by atoms with van der Waals surface area (Å²) in [5.41, 5.74) is 2.15. The van der Waals surface area contributed by atoms with Crippen LogP contribution in [-0.4, -0.2) is 49.9 Å². The summed E-state index contributed by atoms with van der Waals surface area (Å²) < 4.78 is 22.7. The van der Waals surface area contributed by atoms with Gasteiger partial charge in [0, 0.05) is 25.2 Å². The molecule has 0 bridgehead atoms. The van der Waals surface area contributed by atoms with Crippen LogP contribution in [0.5, 0.6) is 0 Å². The van der Waals surface area contributed by atoms with E-state index in [0.29, 0.717) is 19.5 Å². The predicted molar refractivity (Wildman–Crippen MR) is 72.8 cm³/mol. The van der Waals surface area contributed by atoms with Gasteiger partial charge in [-0.3, -0.25) is 4.79 Å². The van der Waals surface area contributed by atoms with Gasteiger partial charge < -0.3 is 10.2 Å². The summed E-state index contributed by atoms with van der Waals surface area (Å²) in [6, 6.07) is 7.62. The lowest BCUT2D eigenvalue weighted by molar-refractivity contribution is -0.131. The lowest BCUT2D eigenvalue weighted by atomic mass is 10.1. The van der Waals surface area contributed by atoms with Crippen LogP contribution in [0.1, 0.15) is 5.56 Å². The summed E-state index contributed by atoms with van der Waals surface area (Å²) >= 11 is 0. The fraction of sp³-hybridized carbons (Fsp3) is 0.462. The van der Waals surface area contributed by atoms with Gasteiger partial charge in [0.1, 0.15) is 6.04 Å². The van der Waals surface area contributed by atoms with Gasteiger partial charge in [0.15, 0.2) is 9.84 Å². The van der Waals surface area contributed by atoms with Crippen LogP contribution in [0, 0.1) is 0 Å². The fourth-order valence-corrected chi connectivity index (χ4v) is 3.80. The van der Waals surface area contributed by atoms with Crippen molar-refractivity contribution in [2.24, 2.45) is 0 Å². The third-order valence-corrected chi connectivity index (χ3v) is 5.33. The van der Waals surface area contributed by atoms with Crippen LogP contribution in [0.15, 0.2) is 24.3 Å². The first kappa shape index (κ1) is 12.5. The van der Waals surface area contributed by atoms with Gasteiger partial charge in [-0.25, -0.2) is 8.42 Å². The van der Waals surface area contributed by atoms with E-state index in [1.165, 1.54) is 0 Å². The van der Waals surface area contributed by atoms with Crippen molar-refractivity contribution in [3.8, 4) is 0 Å². The number of nitrogens with zero attached hydrogens (tertiary/aromatic N) is 1. The number of carbonyl (C=O) groups is 1. The molecule has 3 rings (SSSR count). The molecule has 2 aliphatic rings. The molecule has 6 heteroatoms. The third kappa shape index (κ3) is 2.45. The number of hydrogen-bond donors (Lipinski definition) is 1. The van der Waals surface area contributed by atoms with Crippen LogP contribution >= 0.6 is 0 Å². The minimum Gasteiger partial charge on any atom is -0.373 e. The van der Waals surface area contributed by atoms with Gasteiger partial charge in [0.25, 0.3) is 0 Å². The monoisotopic (exact) mass is 280 g/mol. The Hall–Kier alpha value is -1.56. The smallest absolute Gasteiger partial charge is 0.245 e. The van der Waals surface area contributed by atoms with E-state index in [1.54, 1.807) is 4.90 Å². The Morgan fingerprint density at radius 1 is 1.21 bits per heavy atom. The van der Waals surface area contributed by atoms with Gasteiger partial charge in [-0.2, -0.15) is 0 Å². The first-order valence-corrected chi connectivity index (χ1v) is 8.21. The highest BCUT2D eigenvalue weighted by Crippen LogP contribution is 2.26. The van der Waals surface area contributed by atoms with E-state index < -0.39 is 9.84 Å². The second-order valence-corrected chi connectivity index (χ2v) is 7.34. The molecule has 1 amide bonds. The third-order valence-electron chi connectivity index (χ3n) is 3.73. The molecule has 1 N–H and O–H groups in total. The molecule has 19 heavy (non-hydrogen) atoms. The highest BCUT2D eigenvalue weighted by atomic mass is 32.2. The summed E-state index contributed by atoms with van der Waals surface area (Å²) in [7, 11) is -2.94. The average Bonchev–Trinajstić information content (AvgIpc) is 2.81. The van der Waals surface area contributed by atoms with E-state index in [9.17, 15) is 13.2 Å². The molecule has 0 unspecified atom stereocenters. The zero-order chi connectivity index (χ0) is 13.5. The molecule has 0 radical (unpaired) electrons. The zero-order valence-corrected chi connectivity index (χ0v) is 11.3. The Kier molecular flexibility index (Phi) is 2.97. The van der Waals surface area contributed by atoms with Gasteiger partial charge in [-0.15, -0.1) is 0 Å². The molecule has 102 valence electrons. The fourth-order valence-electron chi connectivity index (χ4n) is 2.60. The molecular formula is C13H16N2O3S. The number of sulfone groups is 1. The number of hydrogen-bond acceptors (Lipinski definition) is 4. The van der Waals surface area contributed by atoms with E-state index in [4.69, 9.17) is 0 Å². The molecular weight excluding hydrogens is 264 g/mol. The van der Waals surface area contributed by atoms with Crippen LogP contribution in [0.3, 0.4) is 0 Å². The molecule has 0 spiro atoms. The standard InChI is InChI=1S/C13H16N2O3S/c16-13(15-5-7-19(17,18)8-6-15)12-9-10-3-1-2-4-11(10)14-12/h1-4,12,14H,5-9H2/t12-/m0/s1. The van der Waals surface area contributed by atoms with Crippen molar-refractivity contribution in [3.05, 3.63) is 29.8 Å². The Morgan fingerprint density at radius 3 is 2.58 bits per heavy atom. The minimum atomic E-state index is -2.94. The summed E-state index contributed by atoms with van der Waals surface area (Å²) in [6.45, 7) is 0.630. The number of nitrogens with one attached hydrogen (secondary N) is 1. The van der Waals surface area contributed by atoms with Crippen molar-refractivity contribution >= 4 is 21.4 Å². The largest absolute Gasteiger partial charge is 0.373 e. The molecule has 0 aliphatic carbocycles. The molecule has 1 atom stereocenters. The van der Waals surface area contributed by atoms with Crippen molar-refractivity contribution < 1.29 is 13.2 Å². The molecule has 0 aromatic heterocycles. The van der Waals surface area contributed by atoms with Crippen LogP contribution in [0.25, 0.3) is 0 Å². The molecule has 1 saturated heterocycles. The zero-order valence-electron chi connectivity index (χ0n) is 10.5. The highest BCUT2D eigenvalue weighted by molar-refractivity contribution is 7.91. The van der Waals surface area contributed by atoms with E-state index in [2.05, 4.69) is 5.32 Å². The Balaban J connectivity index is 1.67. The second kappa shape index (κ2) is 4.52. The molecule has 1 fully saturated rings. The topological polar surface area (TPSA) is 66.5 Å². The molecule has 5 nitrogen and oxygen atoms in total. The molecule has 2 heterocycles. The lowest BCUT2D eigenvalue weighted by Gasteiger charge is -2.29. The first-order valence-electron chi connectivity index (χ1n) is 6.39. The first-order chi connectivity index (χ1) is 9.05. The number of para-hydroxylation sites is 1. The van der Waals surface area contributed by atoms with Gasteiger partial charge >= 0.3 is 0 Å². The maximum Gasteiger partial charge on any atom is 0.245 e. The molecule has 1 aromatic carbocycles.